The van der Waals surface area contributed by atoms with Crippen LogP contribution in [0.25, 0.3) is 0 Å². The SMILES string of the molecule is CCN(c1cccc(C)c1)C(CN)c1ccc(C)nc1. The summed E-state index contributed by atoms with van der Waals surface area (Å²) in [6.07, 6.45) is 1.94. The molecule has 0 spiro atoms. The molecule has 1 unspecified atom stereocenters. The molecule has 3 heteroatoms. The molecule has 2 N–H and O–H groups in total. The van der Waals surface area contributed by atoms with Crippen molar-refractivity contribution in [2.75, 3.05) is 18.0 Å². The summed E-state index contributed by atoms with van der Waals surface area (Å²) in [6, 6.07) is 12.9. The Kier molecular flexibility index (Phi) is 4.74. The highest BCUT2D eigenvalue weighted by Gasteiger charge is 2.18. The van der Waals surface area contributed by atoms with E-state index in [-0.39, 0.29) is 6.04 Å². The fraction of sp³-hybridized carbons (Fsp3) is 0.353. The zero-order valence-corrected chi connectivity index (χ0v) is 12.5. The summed E-state index contributed by atoms with van der Waals surface area (Å²) in [5.74, 6) is 0. The summed E-state index contributed by atoms with van der Waals surface area (Å²) >= 11 is 0. The van der Waals surface area contributed by atoms with Gasteiger partial charge in [-0.1, -0.05) is 18.2 Å². The van der Waals surface area contributed by atoms with E-state index >= 15 is 0 Å². The number of rotatable bonds is 5. The van der Waals surface area contributed by atoms with E-state index in [0.29, 0.717) is 6.54 Å². The largest absolute Gasteiger partial charge is 0.363 e. The normalized spacial score (nSPS) is 12.2. The minimum atomic E-state index is 0.162. The molecular formula is C17H23N3. The van der Waals surface area contributed by atoms with Crippen LogP contribution in [-0.2, 0) is 0 Å². The van der Waals surface area contributed by atoms with Crippen molar-refractivity contribution in [2.45, 2.75) is 26.8 Å². The van der Waals surface area contributed by atoms with Crippen molar-refractivity contribution in [1.29, 1.82) is 0 Å². The van der Waals surface area contributed by atoms with Crippen LogP contribution in [0.4, 0.5) is 5.69 Å². The Morgan fingerprint density at radius 1 is 1.20 bits per heavy atom. The van der Waals surface area contributed by atoms with E-state index < -0.39 is 0 Å². The molecular weight excluding hydrogens is 246 g/mol. The van der Waals surface area contributed by atoms with Gasteiger partial charge < -0.3 is 10.6 Å². The van der Waals surface area contributed by atoms with Crippen LogP contribution in [-0.4, -0.2) is 18.1 Å². The average Bonchev–Trinajstić information content (AvgIpc) is 2.46. The Balaban J connectivity index is 2.34. The zero-order valence-electron chi connectivity index (χ0n) is 12.5. The standard InChI is InChI=1S/C17H23N3/c1-4-20(16-7-5-6-13(2)10-16)17(11-18)15-9-8-14(3)19-12-15/h5-10,12,17H,4,11,18H2,1-3H3. The first kappa shape index (κ1) is 14.5. The van der Waals surface area contributed by atoms with Gasteiger partial charge in [-0.25, -0.2) is 0 Å². The summed E-state index contributed by atoms with van der Waals surface area (Å²) < 4.78 is 0. The summed E-state index contributed by atoms with van der Waals surface area (Å²) in [5, 5.41) is 0. The lowest BCUT2D eigenvalue weighted by molar-refractivity contribution is 0.640. The number of likely N-dealkylation sites (N-methyl/N-ethyl adjacent to an activating group) is 1. The van der Waals surface area contributed by atoms with Gasteiger partial charge in [0.1, 0.15) is 0 Å². The molecule has 1 aromatic carbocycles. The van der Waals surface area contributed by atoms with Crippen LogP contribution >= 0.6 is 0 Å². The molecule has 0 radical (unpaired) electrons. The first-order valence-electron chi connectivity index (χ1n) is 7.11. The van der Waals surface area contributed by atoms with Gasteiger partial charge in [0.2, 0.25) is 0 Å². The monoisotopic (exact) mass is 269 g/mol. The predicted octanol–water partition coefficient (Wildman–Crippen LogP) is 3.22. The number of pyridine rings is 1. The zero-order chi connectivity index (χ0) is 14.5. The molecule has 1 atom stereocenters. The molecule has 0 amide bonds. The number of anilines is 1. The molecule has 0 bridgehead atoms. The molecule has 0 fully saturated rings. The molecule has 3 nitrogen and oxygen atoms in total. The lowest BCUT2D eigenvalue weighted by Gasteiger charge is -2.32. The highest BCUT2D eigenvalue weighted by atomic mass is 15.2. The van der Waals surface area contributed by atoms with Crippen molar-refractivity contribution in [2.24, 2.45) is 5.73 Å². The molecule has 106 valence electrons. The minimum absolute atomic E-state index is 0.162. The Hall–Kier alpha value is -1.87. The fourth-order valence-electron chi connectivity index (χ4n) is 2.51. The van der Waals surface area contributed by atoms with Crippen LogP contribution in [0.3, 0.4) is 0 Å². The fourth-order valence-corrected chi connectivity index (χ4v) is 2.51. The molecule has 2 rings (SSSR count). The highest BCUT2D eigenvalue weighted by molar-refractivity contribution is 5.50. The summed E-state index contributed by atoms with van der Waals surface area (Å²) in [6.45, 7) is 7.76. The van der Waals surface area contributed by atoms with Crippen molar-refractivity contribution in [3.63, 3.8) is 0 Å². The number of nitrogens with two attached hydrogens (primary N) is 1. The average molecular weight is 269 g/mol. The van der Waals surface area contributed by atoms with Crippen molar-refractivity contribution >= 4 is 5.69 Å². The second kappa shape index (κ2) is 6.53. The number of aryl methyl sites for hydroxylation is 2. The molecule has 0 saturated carbocycles. The van der Waals surface area contributed by atoms with Crippen LogP contribution in [0.15, 0.2) is 42.6 Å². The molecule has 1 aromatic heterocycles. The number of nitrogens with zero attached hydrogens (tertiary/aromatic N) is 2. The Labute approximate surface area is 121 Å². The summed E-state index contributed by atoms with van der Waals surface area (Å²) in [5.41, 5.74) is 10.7. The molecule has 1 heterocycles. The highest BCUT2D eigenvalue weighted by Crippen LogP contribution is 2.26. The number of hydrogen-bond acceptors (Lipinski definition) is 3. The van der Waals surface area contributed by atoms with Crippen molar-refractivity contribution < 1.29 is 0 Å². The molecule has 2 aromatic rings. The van der Waals surface area contributed by atoms with Gasteiger partial charge in [-0.2, -0.15) is 0 Å². The third-order valence-electron chi connectivity index (χ3n) is 3.59. The van der Waals surface area contributed by atoms with Crippen LogP contribution < -0.4 is 10.6 Å². The second-order valence-electron chi connectivity index (χ2n) is 5.11. The third kappa shape index (κ3) is 3.17. The number of aromatic nitrogens is 1. The predicted molar refractivity (Wildman–Crippen MR) is 85.0 cm³/mol. The molecule has 0 aliphatic heterocycles. The minimum Gasteiger partial charge on any atom is -0.363 e. The smallest absolute Gasteiger partial charge is 0.0679 e. The van der Waals surface area contributed by atoms with Gasteiger partial charge >= 0.3 is 0 Å². The lowest BCUT2D eigenvalue weighted by Crippen LogP contribution is -2.33. The molecule has 0 aliphatic carbocycles. The van der Waals surface area contributed by atoms with E-state index in [2.05, 4.69) is 54.1 Å². The van der Waals surface area contributed by atoms with Crippen LogP contribution in [0.5, 0.6) is 0 Å². The van der Waals surface area contributed by atoms with Crippen LogP contribution in [0.2, 0.25) is 0 Å². The topological polar surface area (TPSA) is 42.1 Å². The van der Waals surface area contributed by atoms with E-state index in [4.69, 9.17) is 5.73 Å². The molecule has 20 heavy (non-hydrogen) atoms. The maximum absolute atomic E-state index is 6.03. The Bertz CT molecular complexity index is 548. The van der Waals surface area contributed by atoms with E-state index in [0.717, 1.165) is 12.2 Å². The molecule has 0 saturated heterocycles. The lowest BCUT2D eigenvalue weighted by atomic mass is 10.1. The van der Waals surface area contributed by atoms with Gasteiger partial charge in [-0.15, -0.1) is 0 Å². The first-order chi connectivity index (χ1) is 9.65. The van der Waals surface area contributed by atoms with Gasteiger partial charge in [0.05, 0.1) is 6.04 Å². The first-order valence-corrected chi connectivity index (χ1v) is 7.11. The number of benzene rings is 1. The van der Waals surface area contributed by atoms with Gasteiger partial charge in [-0.3, -0.25) is 4.98 Å². The quantitative estimate of drug-likeness (QED) is 0.906. The van der Waals surface area contributed by atoms with E-state index in [1.165, 1.54) is 16.8 Å². The summed E-state index contributed by atoms with van der Waals surface area (Å²) in [4.78, 5) is 6.73. The van der Waals surface area contributed by atoms with Gasteiger partial charge in [-0.05, 0) is 50.1 Å². The molecule has 0 aliphatic rings. The van der Waals surface area contributed by atoms with Gasteiger partial charge in [0.15, 0.2) is 0 Å². The van der Waals surface area contributed by atoms with Crippen LogP contribution in [0.1, 0.15) is 29.8 Å². The summed E-state index contributed by atoms with van der Waals surface area (Å²) in [7, 11) is 0. The number of hydrogen-bond donors (Lipinski definition) is 1. The van der Waals surface area contributed by atoms with Gasteiger partial charge in [0, 0.05) is 30.7 Å². The third-order valence-corrected chi connectivity index (χ3v) is 3.59. The van der Waals surface area contributed by atoms with Crippen molar-refractivity contribution in [1.82, 2.24) is 4.98 Å². The Morgan fingerprint density at radius 3 is 2.55 bits per heavy atom. The second-order valence-corrected chi connectivity index (χ2v) is 5.11. The van der Waals surface area contributed by atoms with Gasteiger partial charge in [0.25, 0.3) is 0 Å². The Morgan fingerprint density at radius 2 is 2.00 bits per heavy atom. The van der Waals surface area contributed by atoms with E-state index in [1.54, 1.807) is 0 Å². The van der Waals surface area contributed by atoms with E-state index in [1.807, 2.05) is 19.2 Å². The maximum atomic E-state index is 6.03. The van der Waals surface area contributed by atoms with Crippen LogP contribution in [0, 0.1) is 13.8 Å². The maximum Gasteiger partial charge on any atom is 0.0679 e. The van der Waals surface area contributed by atoms with E-state index in [9.17, 15) is 0 Å². The van der Waals surface area contributed by atoms with Crippen molar-refractivity contribution in [3.05, 3.63) is 59.4 Å². The van der Waals surface area contributed by atoms with Crippen molar-refractivity contribution in [3.8, 4) is 0 Å².